The van der Waals surface area contributed by atoms with Gasteiger partial charge in [0.25, 0.3) is 5.91 Å². The van der Waals surface area contributed by atoms with Gasteiger partial charge in [-0.05, 0) is 31.5 Å². The normalized spacial score (nSPS) is 11.9. The maximum absolute atomic E-state index is 12.1. The summed E-state index contributed by atoms with van der Waals surface area (Å²) in [6.45, 7) is 3.90. The SMILES string of the molecule is CC[C@H](NC(=O)c1cncc(O)c1)c1cccc(C)n1. The zero-order valence-electron chi connectivity index (χ0n) is 11.5. The van der Waals surface area contributed by atoms with Crippen LogP contribution < -0.4 is 5.32 Å². The molecule has 2 rings (SSSR count). The van der Waals surface area contributed by atoms with Crippen LogP contribution in [-0.4, -0.2) is 21.0 Å². The highest BCUT2D eigenvalue weighted by Gasteiger charge is 2.15. The van der Waals surface area contributed by atoms with E-state index in [1.807, 2.05) is 32.0 Å². The third-order valence-corrected chi connectivity index (χ3v) is 2.97. The summed E-state index contributed by atoms with van der Waals surface area (Å²) in [5.74, 6) is -0.303. The molecule has 20 heavy (non-hydrogen) atoms. The van der Waals surface area contributed by atoms with Crippen LogP contribution in [0.5, 0.6) is 5.75 Å². The Balaban J connectivity index is 2.16. The monoisotopic (exact) mass is 271 g/mol. The van der Waals surface area contributed by atoms with E-state index in [0.717, 1.165) is 17.8 Å². The lowest BCUT2D eigenvalue weighted by Gasteiger charge is -2.17. The fourth-order valence-electron chi connectivity index (χ4n) is 1.94. The highest BCUT2D eigenvalue weighted by atomic mass is 16.3. The molecule has 1 amide bonds. The molecular formula is C15H17N3O2. The minimum atomic E-state index is -0.274. The van der Waals surface area contributed by atoms with Crippen molar-refractivity contribution in [2.45, 2.75) is 26.3 Å². The van der Waals surface area contributed by atoms with Gasteiger partial charge in [0.05, 0.1) is 23.5 Å². The summed E-state index contributed by atoms with van der Waals surface area (Å²) >= 11 is 0. The number of aromatic nitrogens is 2. The molecule has 5 nitrogen and oxygen atoms in total. The second kappa shape index (κ2) is 6.14. The quantitative estimate of drug-likeness (QED) is 0.895. The van der Waals surface area contributed by atoms with E-state index >= 15 is 0 Å². The molecule has 2 aromatic heterocycles. The first kappa shape index (κ1) is 14.0. The van der Waals surface area contributed by atoms with Crippen LogP contribution in [0.2, 0.25) is 0 Å². The van der Waals surface area contributed by atoms with Gasteiger partial charge in [-0.1, -0.05) is 13.0 Å². The molecule has 2 N–H and O–H groups in total. The van der Waals surface area contributed by atoms with Crippen molar-refractivity contribution < 1.29 is 9.90 Å². The molecule has 0 aliphatic rings. The van der Waals surface area contributed by atoms with Crippen molar-refractivity contribution in [3.63, 3.8) is 0 Å². The molecule has 0 unspecified atom stereocenters. The molecule has 0 saturated heterocycles. The summed E-state index contributed by atoms with van der Waals surface area (Å²) in [4.78, 5) is 20.4. The number of hydrogen-bond acceptors (Lipinski definition) is 4. The summed E-state index contributed by atoms with van der Waals surface area (Å²) in [6, 6.07) is 6.95. The van der Waals surface area contributed by atoms with Crippen LogP contribution in [0.1, 0.15) is 41.1 Å². The Labute approximate surface area is 117 Å². The average molecular weight is 271 g/mol. The third kappa shape index (κ3) is 3.32. The minimum Gasteiger partial charge on any atom is -0.506 e. The molecule has 2 aromatic rings. The van der Waals surface area contributed by atoms with Gasteiger partial charge in [-0.25, -0.2) is 0 Å². The van der Waals surface area contributed by atoms with E-state index in [-0.39, 0.29) is 17.7 Å². The molecular weight excluding hydrogens is 254 g/mol. The third-order valence-electron chi connectivity index (χ3n) is 2.97. The number of carbonyl (C=O) groups excluding carboxylic acids is 1. The number of aromatic hydroxyl groups is 1. The number of pyridine rings is 2. The van der Waals surface area contributed by atoms with Gasteiger partial charge in [0.1, 0.15) is 5.75 Å². The minimum absolute atomic E-state index is 0.0284. The van der Waals surface area contributed by atoms with E-state index in [4.69, 9.17) is 0 Å². The smallest absolute Gasteiger partial charge is 0.253 e. The van der Waals surface area contributed by atoms with Gasteiger partial charge >= 0.3 is 0 Å². The van der Waals surface area contributed by atoms with Gasteiger partial charge in [-0.2, -0.15) is 0 Å². The van der Waals surface area contributed by atoms with Crippen molar-refractivity contribution in [2.24, 2.45) is 0 Å². The zero-order chi connectivity index (χ0) is 14.5. The lowest BCUT2D eigenvalue weighted by Crippen LogP contribution is -2.28. The zero-order valence-corrected chi connectivity index (χ0v) is 11.5. The molecule has 0 radical (unpaired) electrons. The largest absolute Gasteiger partial charge is 0.506 e. The van der Waals surface area contributed by atoms with Gasteiger partial charge in [-0.3, -0.25) is 14.8 Å². The number of aryl methyl sites for hydroxylation is 1. The Kier molecular flexibility index (Phi) is 4.30. The Morgan fingerprint density at radius 1 is 1.40 bits per heavy atom. The maximum atomic E-state index is 12.1. The predicted molar refractivity (Wildman–Crippen MR) is 75.4 cm³/mol. The van der Waals surface area contributed by atoms with Crippen molar-refractivity contribution in [3.05, 3.63) is 53.6 Å². The summed E-state index contributed by atoms with van der Waals surface area (Å²) in [7, 11) is 0. The predicted octanol–water partition coefficient (Wildman–Crippen LogP) is 2.37. The van der Waals surface area contributed by atoms with Crippen LogP contribution in [0.15, 0.2) is 36.7 Å². The standard InChI is InChI=1S/C15H17N3O2/c1-3-13(14-6-4-5-10(2)17-14)18-15(20)11-7-12(19)9-16-8-11/h4-9,13,19H,3H2,1-2H3,(H,18,20)/t13-/m0/s1. The molecule has 0 fully saturated rings. The molecule has 104 valence electrons. The number of nitrogens with zero attached hydrogens (tertiary/aromatic N) is 2. The van der Waals surface area contributed by atoms with Crippen molar-refractivity contribution in [2.75, 3.05) is 0 Å². The average Bonchev–Trinajstić information content (AvgIpc) is 2.44. The van der Waals surface area contributed by atoms with Gasteiger partial charge < -0.3 is 10.4 Å². The van der Waals surface area contributed by atoms with Gasteiger partial charge in [0.2, 0.25) is 0 Å². The van der Waals surface area contributed by atoms with Crippen LogP contribution in [-0.2, 0) is 0 Å². The van der Waals surface area contributed by atoms with E-state index in [1.54, 1.807) is 0 Å². The van der Waals surface area contributed by atoms with Gasteiger partial charge in [0, 0.05) is 11.9 Å². The van der Waals surface area contributed by atoms with E-state index in [9.17, 15) is 9.90 Å². The number of rotatable bonds is 4. The molecule has 0 aromatic carbocycles. The van der Waals surface area contributed by atoms with Crippen LogP contribution in [0, 0.1) is 6.92 Å². The molecule has 0 aliphatic heterocycles. The first-order valence-electron chi connectivity index (χ1n) is 6.48. The lowest BCUT2D eigenvalue weighted by molar-refractivity contribution is 0.0934. The second-order valence-corrected chi connectivity index (χ2v) is 4.57. The molecule has 0 aliphatic carbocycles. The maximum Gasteiger partial charge on any atom is 0.253 e. The van der Waals surface area contributed by atoms with Crippen LogP contribution >= 0.6 is 0 Å². The topological polar surface area (TPSA) is 75.1 Å². The van der Waals surface area contributed by atoms with Gasteiger partial charge in [-0.15, -0.1) is 0 Å². The number of nitrogens with one attached hydrogen (secondary N) is 1. The second-order valence-electron chi connectivity index (χ2n) is 4.57. The van der Waals surface area contributed by atoms with E-state index in [2.05, 4.69) is 15.3 Å². The number of amides is 1. The van der Waals surface area contributed by atoms with Crippen LogP contribution in [0.4, 0.5) is 0 Å². The summed E-state index contributed by atoms with van der Waals surface area (Å²) in [5.41, 5.74) is 2.07. The first-order chi connectivity index (χ1) is 9.60. The summed E-state index contributed by atoms with van der Waals surface area (Å²) in [5, 5.41) is 12.3. The van der Waals surface area contributed by atoms with E-state index in [1.165, 1.54) is 18.5 Å². The Morgan fingerprint density at radius 3 is 2.85 bits per heavy atom. The van der Waals surface area contributed by atoms with Crippen molar-refractivity contribution in [1.29, 1.82) is 0 Å². The van der Waals surface area contributed by atoms with Crippen molar-refractivity contribution >= 4 is 5.91 Å². The highest BCUT2D eigenvalue weighted by molar-refractivity contribution is 5.94. The molecule has 0 bridgehead atoms. The highest BCUT2D eigenvalue weighted by Crippen LogP contribution is 2.16. The van der Waals surface area contributed by atoms with Crippen molar-refractivity contribution in [3.8, 4) is 5.75 Å². The van der Waals surface area contributed by atoms with Crippen LogP contribution in [0.25, 0.3) is 0 Å². The van der Waals surface area contributed by atoms with Crippen LogP contribution in [0.3, 0.4) is 0 Å². The lowest BCUT2D eigenvalue weighted by atomic mass is 10.1. The molecule has 0 spiro atoms. The number of hydrogen-bond donors (Lipinski definition) is 2. The van der Waals surface area contributed by atoms with E-state index in [0.29, 0.717) is 5.56 Å². The Bertz CT molecular complexity index is 614. The molecule has 5 heteroatoms. The first-order valence-corrected chi connectivity index (χ1v) is 6.48. The summed E-state index contributed by atoms with van der Waals surface area (Å²) in [6.07, 6.45) is 3.44. The summed E-state index contributed by atoms with van der Waals surface area (Å²) < 4.78 is 0. The Hall–Kier alpha value is -2.43. The fourth-order valence-corrected chi connectivity index (χ4v) is 1.94. The number of carbonyl (C=O) groups is 1. The van der Waals surface area contributed by atoms with Crippen molar-refractivity contribution in [1.82, 2.24) is 15.3 Å². The Morgan fingerprint density at radius 2 is 2.20 bits per heavy atom. The van der Waals surface area contributed by atoms with Gasteiger partial charge in [0.15, 0.2) is 0 Å². The fraction of sp³-hybridized carbons (Fsp3) is 0.267. The molecule has 1 atom stereocenters. The molecule has 2 heterocycles. The van der Waals surface area contributed by atoms with E-state index < -0.39 is 0 Å². The molecule has 0 saturated carbocycles.